The lowest BCUT2D eigenvalue weighted by Crippen LogP contribution is -2.08. The summed E-state index contributed by atoms with van der Waals surface area (Å²) in [6, 6.07) is 14.9. The van der Waals surface area contributed by atoms with E-state index in [0.717, 1.165) is 5.56 Å². The fourth-order valence-electron chi connectivity index (χ4n) is 1.75. The van der Waals surface area contributed by atoms with Gasteiger partial charge in [0.15, 0.2) is 0 Å². The highest BCUT2D eigenvalue weighted by Gasteiger charge is 2.06. The molecular formula is C20H15NO4. The van der Waals surface area contributed by atoms with Crippen LogP contribution >= 0.6 is 0 Å². The summed E-state index contributed by atoms with van der Waals surface area (Å²) in [4.78, 5) is 23.2. The van der Waals surface area contributed by atoms with E-state index in [1.807, 2.05) is 6.07 Å². The van der Waals surface area contributed by atoms with Crippen LogP contribution in [0.4, 0.5) is 0 Å². The van der Waals surface area contributed by atoms with Gasteiger partial charge in [0.25, 0.3) is 0 Å². The number of rotatable bonds is 5. The first-order valence-electron chi connectivity index (χ1n) is 7.36. The summed E-state index contributed by atoms with van der Waals surface area (Å²) in [7, 11) is 0. The zero-order valence-electron chi connectivity index (χ0n) is 13.6. The number of hydrogen-bond acceptors (Lipinski definition) is 5. The molecule has 5 heteroatoms. The molecule has 2 aromatic rings. The highest BCUT2D eigenvalue weighted by atomic mass is 16.5. The van der Waals surface area contributed by atoms with Gasteiger partial charge in [0.2, 0.25) is 0 Å². The predicted octanol–water partition coefficient (Wildman–Crippen LogP) is 3.66. The van der Waals surface area contributed by atoms with Gasteiger partial charge in [-0.05, 0) is 55.0 Å². The van der Waals surface area contributed by atoms with Crippen molar-refractivity contribution in [3.05, 3.63) is 77.9 Å². The minimum Gasteiger partial charge on any atom is -0.423 e. The summed E-state index contributed by atoms with van der Waals surface area (Å²) in [6.45, 7) is 5.05. The molecule has 5 nitrogen and oxygen atoms in total. The maximum absolute atomic E-state index is 11.8. The zero-order valence-corrected chi connectivity index (χ0v) is 13.6. The second kappa shape index (κ2) is 8.27. The molecule has 0 atom stereocenters. The molecule has 0 amide bonds. The summed E-state index contributed by atoms with van der Waals surface area (Å²) in [6.07, 6.45) is 2.88. The first-order valence-corrected chi connectivity index (χ1v) is 7.36. The van der Waals surface area contributed by atoms with Crippen LogP contribution in [-0.4, -0.2) is 11.9 Å². The van der Waals surface area contributed by atoms with Crippen LogP contribution in [0.25, 0.3) is 6.08 Å². The Morgan fingerprint density at radius 2 is 1.56 bits per heavy atom. The van der Waals surface area contributed by atoms with Gasteiger partial charge in [0.1, 0.15) is 11.5 Å². The number of nitrogens with zero attached hydrogens (tertiary/aromatic N) is 1. The second-order valence-electron chi connectivity index (χ2n) is 5.13. The lowest BCUT2D eigenvalue weighted by Gasteiger charge is -2.05. The summed E-state index contributed by atoms with van der Waals surface area (Å²) in [5.41, 5.74) is 1.62. The lowest BCUT2D eigenvalue weighted by atomic mass is 10.1. The molecule has 0 aliphatic rings. The highest BCUT2D eigenvalue weighted by molar-refractivity contribution is 5.89. The predicted molar refractivity (Wildman–Crippen MR) is 92.7 cm³/mol. The summed E-state index contributed by atoms with van der Waals surface area (Å²) >= 11 is 0. The van der Waals surface area contributed by atoms with Gasteiger partial charge in [-0.25, -0.2) is 9.59 Å². The zero-order chi connectivity index (χ0) is 18.2. The molecule has 0 N–H and O–H groups in total. The van der Waals surface area contributed by atoms with Gasteiger partial charge in [-0.15, -0.1) is 0 Å². The van der Waals surface area contributed by atoms with Crippen LogP contribution in [0.15, 0.2) is 66.8 Å². The van der Waals surface area contributed by atoms with Crippen molar-refractivity contribution in [3.63, 3.8) is 0 Å². The molecule has 0 heterocycles. The second-order valence-corrected chi connectivity index (χ2v) is 5.13. The quantitative estimate of drug-likeness (QED) is 0.474. The van der Waals surface area contributed by atoms with Crippen LogP contribution in [0.3, 0.4) is 0 Å². The molecule has 0 aromatic heterocycles. The van der Waals surface area contributed by atoms with Gasteiger partial charge in [-0.2, -0.15) is 5.26 Å². The molecule has 2 rings (SSSR count). The van der Waals surface area contributed by atoms with Crippen molar-refractivity contribution >= 4 is 18.0 Å². The lowest BCUT2D eigenvalue weighted by molar-refractivity contribution is -0.130. The SMILES string of the molecule is C=C(C)C(=O)Oc1ccc(OC(=O)/C=C/c2ccc(C#N)cc2)cc1. The Labute approximate surface area is 145 Å². The van der Waals surface area contributed by atoms with E-state index >= 15 is 0 Å². The van der Waals surface area contributed by atoms with Gasteiger partial charge in [-0.3, -0.25) is 0 Å². The molecule has 2 aromatic carbocycles. The van der Waals surface area contributed by atoms with E-state index in [4.69, 9.17) is 14.7 Å². The van der Waals surface area contributed by atoms with Crippen LogP contribution in [0.5, 0.6) is 11.5 Å². The van der Waals surface area contributed by atoms with Crippen molar-refractivity contribution in [2.24, 2.45) is 0 Å². The number of esters is 2. The number of carbonyl (C=O) groups is 2. The average molecular weight is 333 g/mol. The molecule has 0 aliphatic carbocycles. The number of benzene rings is 2. The minimum absolute atomic E-state index is 0.295. The first-order chi connectivity index (χ1) is 12.0. The van der Waals surface area contributed by atoms with E-state index in [2.05, 4.69) is 6.58 Å². The Balaban J connectivity index is 1.93. The largest absolute Gasteiger partial charge is 0.423 e. The average Bonchev–Trinajstić information content (AvgIpc) is 2.62. The topological polar surface area (TPSA) is 76.4 Å². The van der Waals surface area contributed by atoms with E-state index in [-0.39, 0.29) is 0 Å². The number of carbonyl (C=O) groups excluding carboxylic acids is 2. The molecule has 0 spiro atoms. The van der Waals surface area contributed by atoms with Crippen LogP contribution in [0, 0.1) is 11.3 Å². The first kappa shape index (κ1) is 17.7. The Morgan fingerprint density at radius 3 is 2.08 bits per heavy atom. The normalized spacial score (nSPS) is 10.1. The molecule has 0 unspecified atom stereocenters. The van der Waals surface area contributed by atoms with E-state index < -0.39 is 11.9 Å². The number of hydrogen-bond donors (Lipinski definition) is 0. The Morgan fingerprint density at radius 1 is 1.00 bits per heavy atom. The fourth-order valence-corrected chi connectivity index (χ4v) is 1.75. The van der Waals surface area contributed by atoms with E-state index in [1.54, 1.807) is 37.3 Å². The van der Waals surface area contributed by atoms with Gasteiger partial charge < -0.3 is 9.47 Å². The van der Waals surface area contributed by atoms with Crippen LogP contribution in [0.2, 0.25) is 0 Å². The molecule has 0 saturated heterocycles. The highest BCUT2D eigenvalue weighted by Crippen LogP contribution is 2.18. The van der Waals surface area contributed by atoms with Crippen LogP contribution in [-0.2, 0) is 9.59 Å². The maximum atomic E-state index is 11.8. The Hall–Kier alpha value is -3.65. The number of ether oxygens (including phenoxy) is 2. The molecule has 124 valence electrons. The maximum Gasteiger partial charge on any atom is 0.338 e. The van der Waals surface area contributed by atoms with Crippen LogP contribution < -0.4 is 9.47 Å². The van der Waals surface area contributed by atoms with Crippen molar-refractivity contribution in [3.8, 4) is 17.6 Å². The summed E-state index contributed by atoms with van der Waals surface area (Å²) in [5.74, 6) is -0.406. The summed E-state index contributed by atoms with van der Waals surface area (Å²) < 4.78 is 10.2. The van der Waals surface area contributed by atoms with Crippen molar-refractivity contribution in [2.45, 2.75) is 6.92 Å². The molecule has 25 heavy (non-hydrogen) atoms. The molecule has 0 bridgehead atoms. The van der Waals surface area contributed by atoms with Crippen molar-refractivity contribution in [2.75, 3.05) is 0 Å². The van der Waals surface area contributed by atoms with Crippen molar-refractivity contribution in [1.82, 2.24) is 0 Å². The smallest absolute Gasteiger partial charge is 0.338 e. The third kappa shape index (κ3) is 5.48. The summed E-state index contributed by atoms with van der Waals surface area (Å²) in [5, 5.41) is 8.73. The molecule has 0 saturated carbocycles. The Bertz CT molecular complexity index is 856. The van der Waals surface area contributed by atoms with Gasteiger partial charge >= 0.3 is 11.9 Å². The number of nitriles is 1. The molecule has 0 radical (unpaired) electrons. The van der Waals surface area contributed by atoms with Crippen molar-refractivity contribution < 1.29 is 19.1 Å². The van der Waals surface area contributed by atoms with Gasteiger partial charge in [0.05, 0.1) is 11.6 Å². The standard InChI is InChI=1S/C20H15NO4/c1-14(2)20(23)25-18-10-8-17(9-11-18)24-19(22)12-7-15-3-5-16(13-21)6-4-15/h3-12H,1H2,2H3/b12-7+. The third-order valence-electron chi connectivity index (χ3n) is 3.05. The fraction of sp³-hybridized carbons (Fsp3) is 0.0500. The molecule has 0 fully saturated rings. The van der Waals surface area contributed by atoms with Crippen LogP contribution in [0.1, 0.15) is 18.1 Å². The van der Waals surface area contributed by atoms with Crippen molar-refractivity contribution in [1.29, 1.82) is 5.26 Å². The molecular weight excluding hydrogens is 318 g/mol. The van der Waals surface area contributed by atoms with Gasteiger partial charge in [-0.1, -0.05) is 18.7 Å². The van der Waals surface area contributed by atoms with Gasteiger partial charge in [0, 0.05) is 11.6 Å². The monoisotopic (exact) mass is 333 g/mol. The van der Waals surface area contributed by atoms with E-state index in [0.29, 0.717) is 22.6 Å². The van der Waals surface area contributed by atoms with E-state index in [9.17, 15) is 9.59 Å². The minimum atomic E-state index is -0.545. The van der Waals surface area contributed by atoms with E-state index in [1.165, 1.54) is 30.3 Å². The third-order valence-corrected chi connectivity index (χ3v) is 3.05. The Kier molecular flexibility index (Phi) is 5.86. The molecule has 0 aliphatic heterocycles.